The van der Waals surface area contributed by atoms with E-state index in [4.69, 9.17) is 4.74 Å². The standard InChI is InChI=1S/C30H60O5S.Na/c1-3-5-7-9-11-13-15-16-17-18-19-21-23-25-27-29(36(32,33)34)30(31)35-28-26-24-22-20-14-12-10-8-6-4-2;/h29H,3-28H2,1-2H3,(H,32,33,34);/q;+1/p-1. The minimum Gasteiger partial charge on any atom is -0.747 e. The molecule has 1 unspecified atom stereocenters. The van der Waals surface area contributed by atoms with E-state index in [1.165, 1.54) is 109 Å². The van der Waals surface area contributed by atoms with Crippen molar-refractivity contribution in [3.63, 3.8) is 0 Å². The van der Waals surface area contributed by atoms with Crippen LogP contribution in [0.15, 0.2) is 0 Å². The van der Waals surface area contributed by atoms with Crippen LogP contribution in [0.5, 0.6) is 0 Å². The molecule has 0 amide bonds. The van der Waals surface area contributed by atoms with Crippen LogP contribution >= 0.6 is 0 Å². The van der Waals surface area contributed by atoms with Gasteiger partial charge in [-0.15, -0.1) is 0 Å². The average molecular weight is 555 g/mol. The summed E-state index contributed by atoms with van der Waals surface area (Å²) in [5, 5.41) is -1.54. The summed E-state index contributed by atoms with van der Waals surface area (Å²) in [6, 6.07) is 0. The zero-order chi connectivity index (χ0) is 26.7. The maximum absolute atomic E-state index is 12.2. The van der Waals surface area contributed by atoms with Crippen molar-refractivity contribution in [2.24, 2.45) is 0 Å². The fourth-order valence-corrected chi connectivity index (χ4v) is 5.52. The van der Waals surface area contributed by atoms with Crippen LogP contribution in [0.3, 0.4) is 0 Å². The van der Waals surface area contributed by atoms with Gasteiger partial charge in [-0.3, -0.25) is 4.79 Å². The Hall–Kier alpha value is 0.380. The Balaban J connectivity index is 0. The maximum Gasteiger partial charge on any atom is 1.00 e. The third kappa shape index (κ3) is 27.7. The van der Waals surface area contributed by atoms with E-state index in [1.807, 2.05) is 0 Å². The molecule has 0 N–H and O–H groups in total. The Labute approximate surface area is 253 Å². The number of rotatable bonds is 28. The minimum absolute atomic E-state index is 0. The van der Waals surface area contributed by atoms with Crippen LogP contribution in [0.4, 0.5) is 0 Å². The first kappa shape index (κ1) is 39.5. The predicted molar refractivity (Wildman–Crippen MR) is 151 cm³/mol. The molecule has 216 valence electrons. The number of ether oxygens (including phenoxy) is 1. The van der Waals surface area contributed by atoms with Crippen molar-refractivity contribution in [2.75, 3.05) is 6.61 Å². The Morgan fingerprint density at radius 3 is 1.19 bits per heavy atom. The van der Waals surface area contributed by atoms with Gasteiger partial charge in [0.25, 0.3) is 0 Å². The second-order valence-corrected chi connectivity index (χ2v) is 12.3. The molecule has 37 heavy (non-hydrogen) atoms. The molecule has 0 aliphatic heterocycles. The van der Waals surface area contributed by atoms with E-state index in [0.717, 1.165) is 38.5 Å². The molecule has 0 saturated heterocycles. The molecule has 0 radical (unpaired) electrons. The van der Waals surface area contributed by atoms with E-state index in [9.17, 15) is 17.8 Å². The summed E-state index contributed by atoms with van der Waals surface area (Å²) in [7, 11) is -4.67. The van der Waals surface area contributed by atoms with Crippen LogP contribution in [-0.2, 0) is 19.6 Å². The van der Waals surface area contributed by atoms with Crippen molar-refractivity contribution in [3.05, 3.63) is 0 Å². The number of carbonyl (C=O) groups excluding carboxylic acids is 1. The monoisotopic (exact) mass is 554 g/mol. The molecule has 0 spiro atoms. The molecule has 0 aromatic rings. The van der Waals surface area contributed by atoms with Gasteiger partial charge >= 0.3 is 35.5 Å². The summed E-state index contributed by atoms with van der Waals surface area (Å²) in [5.41, 5.74) is 0. The van der Waals surface area contributed by atoms with Crippen molar-refractivity contribution < 1.29 is 52.1 Å². The van der Waals surface area contributed by atoms with E-state index < -0.39 is 21.3 Å². The second-order valence-electron chi connectivity index (χ2n) is 10.7. The normalized spacial score (nSPS) is 12.3. The summed E-state index contributed by atoms with van der Waals surface area (Å²) >= 11 is 0. The van der Waals surface area contributed by atoms with Crippen molar-refractivity contribution in [1.82, 2.24) is 0 Å². The molecule has 0 saturated carbocycles. The van der Waals surface area contributed by atoms with Gasteiger partial charge in [0.2, 0.25) is 0 Å². The van der Waals surface area contributed by atoms with Gasteiger partial charge in [0.1, 0.15) is 15.4 Å². The molecular weight excluding hydrogens is 495 g/mol. The predicted octanol–water partition coefficient (Wildman–Crippen LogP) is 6.24. The van der Waals surface area contributed by atoms with E-state index in [2.05, 4.69) is 13.8 Å². The fourth-order valence-electron chi connectivity index (χ4n) is 4.76. The smallest absolute Gasteiger partial charge is 0.747 e. The molecule has 7 heteroatoms. The van der Waals surface area contributed by atoms with Gasteiger partial charge in [-0.05, 0) is 12.8 Å². The van der Waals surface area contributed by atoms with Gasteiger partial charge < -0.3 is 9.29 Å². The zero-order valence-corrected chi connectivity index (χ0v) is 27.7. The third-order valence-corrected chi connectivity index (χ3v) is 8.30. The summed E-state index contributed by atoms with van der Waals surface area (Å²) in [6.45, 7) is 4.68. The summed E-state index contributed by atoms with van der Waals surface area (Å²) in [6.07, 6.45) is 28.7. The minimum atomic E-state index is -4.67. The summed E-state index contributed by atoms with van der Waals surface area (Å²) in [5.74, 6) is -0.851. The maximum atomic E-state index is 12.2. The summed E-state index contributed by atoms with van der Waals surface area (Å²) < 4.78 is 39.9. The van der Waals surface area contributed by atoms with Gasteiger partial charge in [0.15, 0.2) is 0 Å². The van der Waals surface area contributed by atoms with Gasteiger partial charge in [0, 0.05) is 0 Å². The molecule has 0 aromatic heterocycles. The Morgan fingerprint density at radius 2 is 0.865 bits per heavy atom. The van der Waals surface area contributed by atoms with Gasteiger partial charge in [-0.25, -0.2) is 8.42 Å². The van der Waals surface area contributed by atoms with Crippen LogP contribution in [0.25, 0.3) is 0 Å². The van der Waals surface area contributed by atoms with Crippen molar-refractivity contribution in [2.45, 2.75) is 180 Å². The van der Waals surface area contributed by atoms with Crippen molar-refractivity contribution in [1.29, 1.82) is 0 Å². The van der Waals surface area contributed by atoms with Gasteiger partial charge in [-0.2, -0.15) is 0 Å². The van der Waals surface area contributed by atoms with Crippen molar-refractivity contribution in [3.8, 4) is 0 Å². The Kier molecular flexibility index (Phi) is 31.4. The molecule has 0 fully saturated rings. The molecule has 0 rings (SSSR count). The number of hydrogen-bond donors (Lipinski definition) is 0. The molecular formula is C30H59NaO5S. The number of esters is 1. The molecule has 0 heterocycles. The van der Waals surface area contributed by atoms with E-state index in [-0.39, 0.29) is 42.6 Å². The average Bonchev–Trinajstić information content (AvgIpc) is 2.84. The molecule has 0 bridgehead atoms. The number of carbonyl (C=O) groups is 1. The molecule has 0 aliphatic rings. The van der Waals surface area contributed by atoms with Crippen LogP contribution in [-0.4, -0.2) is 30.8 Å². The molecule has 5 nitrogen and oxygen atoms in total. The fraction of sp³-hybridized carbons (Fsp3) is 0.967. The quantitative estimate of drug-likeness (QED) is 0.0495. The Bertz CT molecular complexity index is 583. The molecule has 0 aliphatic carbocycles. The first-order chi connectivity index (χ1) is 17.4. The topological polar surface area (TPSA) is 83.5 Å². The van der Waals surface area contributed by atoms with Crippen LogP contribution in [0.2, 0.25) is 0 Å². The summed E-state index contributed by atoms with van der Waals surface area (Å²) in [4.78, 5) is 12.2. The number of unbranched alkanes of at least 4 members (excludes halogenated alkanes) is 22. The zero-order valence-electron chi connectivity index (χ0n) is 24.9. The van der Waals surface area contributed by atoms with E-state index in [0.29, 0.717) is 6.42 Å². The first-order valence-corrected chi connectivity index (χ1v) is 17.0. The second kappa shape index (κ2) is 29.4. The molecule has 0 aromatic carbocycles. The van der Waals surface area contributed by atoms with Crippen LogP contribution in [0, 0.1) is 0 Å². The van der Waals surface area contributed by atoms with Crippen LogP contribution in [0.1, 0.15) is 174 Å². The number of hydrogen-bond acceptors (Lipinski definition) is 5. The van der Waals surface area contributed by atoms with E-state index in [1.54, 1.807) is 0 Å². The third-order valence-electron chi connectivity index (χ3n) is 7.17. The largest absolute Gasteiger partial charge is 1.00 e. The first-order valence-electron chi connectivity index (χ1n) is 15.5. The van der Waals surface area contributed by atoms with E-state index >= 15 is 0 Å². The Morgan fingerprint density at radius 1 is 0.568 bits per heavy atom. The van der Waals surface area contributed by atoms with Gasteiger partial charge in [0.05, 0.1) is 6.61 Å². The SMILES string of the molecule is CCCCCCCCCCCCCCCCC(C(=O)OCCCCCCCCCCCC)S(=O)(=O)[O-].[Na+]. The van der Waals surface area contributed by atoms with Crippen LogP contribution < -0.4 is 29.6 Å². The van der Waals surface area contributed by atoms with Crippen molar-refractivity contribution >= 4 is 16.1 Å². The van der Waals surface area contributed by atoms with Gasteiger partial charge in [-0.1, -0.05) is 162 Å². The molecule has 1 atom stereocenters.